The van der Waals surface area contributed by atoms with E-state index in [1.165, 1.54) is 24.8 Å². The summed E-state index contributed by atoms with van der Waals surface area (Å²) in [6.45, 7) is 4.77. The van der Waals surface area contributed by atoms with E-state index in [0.29, 0.717) is 24.5 Å². The summed E-state index contributed by atoms with van der Waals surface area (Å²) in [6.07, 6.45) is 5.96. The standard InChI is InChI=1S/C19H27ClN2O/c1-13-4-3-5-14(2)22(13)18(23)12-21-19(15-6-7-15)16-8-10-17(20)11-9-16/h8-11,13-15,19,21H,3-7,12H2,1-2H3. The number of benzene rings is 1. The summed E-state index contributed by atoms with van der Waals surface area (Å²) >= 11 is 5.99. The number of hydrogen-bond donors (Lipinski definition) is 1. The van der Waals surface area contributed by atoms with Gasteiger partial charge in [0.25, 0.3) is 0 Å². The monoisotopic (exact) mass is 334 g/mol. The van der Waals surface area contributed by atoms with E-state index >= 15 is 0 Å². The molecule has 1 saturated carbocycles. The lowest BCUT2D eigenvalue weighted by molar-refractivity contribution is -0.136. The van der Waals surface area contributed by atoms with Crippen LogP contribution in [0.3, 0.4) is 0 Å². The molecule has 2 fully saturated rings. The van der Waals surface area contributed by atoms with Crippen molar-refractivity contribution >= 4 is 17.5 Å². The molecule has 1 heterocycles. The molecular formula is C19H27ClN2O. The first kappa shape index (κ1) is 16.8. The number of carbonyl (C=O) groups excluding carboxylic acids is 1. The van der Waals surface area contributed by atoms with E-state index in [1.54, 1.807) is 0 Å². The highest BCUT2D eigenvalue weighted by molar-refractivity contribution is 6.30. The maximum absolute atomic E-state index is 12.7. The van der Waals surface area contributed by atoms with Gasteiger partial charge in [0.05, 0.1) is 6.54 Å². The Labute approximate surface area is 144 Å². The maximum atomic E-state index is 12.7. The summed E-state index contributed by atoms with van der Waals surface area (Å²) in [5.41, 5.74) is 1.24. The summed E-state index contributed by atoms with van der Waals surface area (Å²) in [5, 5.41) is 4.28. The van der Waals surface area contributed by atoms with Crippen LogP contribution in [-0.2, 0) is 4.79 Å². The van der Waals surface area contributed by atoms with E-state index in [0.717, 1.165) is 17.9 Å². The number of nitrogens with one attached hydrogen (secondary N) is 1. The zero-order chi connectivity index (χ0) is 16.4. The third kappa shape index (κ3) is 4.07. The number of rotatable bonds is 5. The second-order valence-electron chi connectivity index (χ2n) is 7.18. The molecule has 0 spiro atoms. The molecule has 1 amide bonds. The first-order valence-electron chi connectivity index (χ1n) is 8.86. The average molecular weight is 335 g/mol. The van der Waals surface area contributed by atoms with Gasteiger partial charge in [-0.25, -0.2) is 0 Å². The van der Waals surface area contributed by atoms with Gasteiger partial charge in [0.1, 0.15) is 0 Å². The zero-order valence-corrected chi connectivity index (χ0v) is 14.9. The molecule has 3 unspecified atom stereocenters. The summed E-state index contributed by atoms with van der Waals surface area (Å²) in [6, 6.07) is 9.02. The van der Waals surface area contributed by atoms with Crippen LogP contribution >= 0.6 is 11.6 Å². The van der Waals surface area contributed by atoms with Crippen LogP contribution in [0.15, 0.2) is 24.3 Å². The van der Waals surface area contributed by atoms with Crippen molar-refractivity contribution in [2.75, 3.05) is 6.54 Å². The number of hydrogen-bond acceptors (Lipinski definition) is 2. The molecule has 23 heavy (non-hydrogen) atoms. The Balaban J connectivity index is 1.62. The quantitative estimate of drug-likeness (QED) is 0.876. The Morgan fingerprint density at radius 2 is 1.78 bits per heavy atom. The predicted molar refractivity (Wildman–Crippen MR) is 94.5 cm³/mol. The van der Waals surface area contributed by atoms with Gasteiger partial charge in [-0.3, -0.25) is 4.79 Å². The normalized spacial score (nSPS) is 26.1. The molecule has 1 N–H and O–H groups in total. The molecule has 0 bridgehead atoms. The maximum Gasteiger partial charge on any atom is 0.237 e. The number of nitrogens with zero attached hydrogens (tertiary/aromatic N) is 1. The summed E-state index contributed by atoms with van der Waals surface area (Å²) < 4.78 is 0. The van der Waals surface area contributed by atoms with Crippen molar-refractivity contribution < 1.29 is 4.79 Å². The molecule has 1 aliphatic heterocycles. The van der Waals surface area contributed by atoms with Gasteiger partial charge in [0.15, 0.2) is 0 Å². The number of halogens is 1. The fourth-order valence-corrected chi connectivity index (χ4v) is 3.98. The van der Waals surface area contributed by atoms with E-state index in [2.05, 4.69) is 36.2 Å². The van der Waals surface area contributed by atoms with Gasteiger partial charge in [0.2, 0.25) is 5.91 Å². The molecule has 0 radical (unpaired) electrons. The predicted octanol–water partition coefficient (Wildman–Crippen LogP) is 4.17. The highest BCUT2D eigenvalue weighted by atomic mass is 35.5. The largest absolute Gasteiger partial charge is 0.336 e. The molecule has 126 valence electrons. The summed E-state index contributed by atoms with van der Waals surface area (Å²) in [4.78, 5) is 14.8. The minimum atomic E-state index is 0.240. The van der Waals surface area contributed by atoms with Crippen LogP contribution in [0.2, 0.25) is 5.02 Å². The Kier molecular flexibility index (Phi) is 5.27. The second-order valence-corrected chi connectivity index (χ2v) is 7.61. The van der Waals surface area contributed by atoms with Gasteiger partial charge in [-0.05, 0) is 69.6 Å². The van der Waals surface area contributed by atoms with Crippen molar-refractivity contribution in [3.8, 4) is 0 Å². The number of amides is 1. The molecule has 3 rings (SSSR count). The smallest absolute Gasteiger partial charge is 0.237 e. The molecule has 3 nitrogen and oxygen atoms in total. The molecule has 1 saturated heterocycles. The first-order chi connectivity index (χ1) is 11.1. The molecule has 1 aliphatic carbocycles. The highest BCUT2D eigenvalue weighted by Crippen LogP contribution is 2.41. The molecule has 1 aromatic carbocycles. The van der Waals surface area contributed by atoms with Crippen molar-refractivity contribution in [3.63, 3.8) is 0 Å². The van der Waals surface area contributed by atoms with Gasteiger partial charge in [-0.15, -0.1) is 0 Å². The molecular weight excluding hydrogens is 308 g/mol. The van der Waals surface area contributed by atoms with Crippen LogP contribution in [-0.4, -0.2) is 29.4 Å². The lowest BCUT2D eigenvalue weighted by Crippen LogP contribution is -2.50. The molecule has 4 heteroatoms. The van der Waals surface area contributed by atoms with Crippen LogP contribution in [0.5, 0.6) is 0 Å². The van der Waals surface area contributed by atoms with Crippen LogP contribution in [0.4, 0.5) is 0 Å². The van der Waals surface area contributed by atoms with E-state index in [-0.39, 0.29) is 11.9 Å². The topological polar surface area (TPSA) is 32.3 Å². The zero-order valence-electron chi connectivity index (χ0n) is 14.1. The lowest BCUT2D eigenvalue weighted by Gasteiger charge is -2.39. The van der Waals surface area contributed by atoms with E-state index < -0.39 is 0 Å². The van der Waals surface area contributed by atoms with Crippen molar-refractivity contribution in [3.05, 3.63) is 34.9 Å². The van der Waals surface area contributed by atoms with Crippen molar-refractivity contribution in [1.29, 1.82) is 0 Å². The first-order valence-corrected chi connectivity index (χ1v) is 9.24. The van der Waals surface area contributed by atoms with Crippen molar-refractivity contribution in [2.24, 2.45) is 5.92 Å². The molecule has 1 aromatic rings. The third-order valence-corrected chi connectivity index (χ3v) is 5.53. The van der Waals surface area contributed by atoms with Gasteiger partial charge >= 0.3 is 0 Å². The van der Waals surface area contributed by atoms with E-state index in [1.807, 2.05) is 12.1 Å². The molecule has 3 atom stereocenters. The van der Waals surface area contributed by atoms with Crippen LogP contribution < -0.4 is 5.32 Å². The molecule has 0 aromatic heterocycles. The fourth-order valence-electron chi connectivity index (χ4n) is 3.86. The van der Waals surface area contributed by atoms with Gasteiger partial charge in [-0.1, -0.05) is 23.7 Å². The molecule has 2 aliphatic rings. The average Bonchev–Trinajstić information content (AvgIpc) is 3.34. The minimum Gasteiger partial charge on any atom is -0.336 e. The second kappa shape index (κ2) is 7.23. The van der Waals surface area contributed by atoms with Gasteiger partial charge in [0, 0.05) is 23.1 Å². The summed E-state index contributed by atoms with van der Waals surface area (Å²) in [5.74, 6) is 0.893. The van der Waals surface area contributed by atoms with Gasteiger partial charge in [-0.2, -0.15) is 0 Å². The highest BCUT2D eigenvalue weighted by Gasteiger charge is 2.34. The number of likely N-dealkylation sites (tertiary alicyclic amines) is 1. The number of piperidine rings is 1. The Morgan fingerprint density at radius 1 is 1.17 bits per heavy atom. The fraction of sp³-hybridized carbons (Fsp3) is 0.632. The van der Waals surface area contributed by atoms with Crippen molar-refractivity contribution in [2.45, 2.75) is 64.1 Å². The Morgan fingerprint density at radius 3 is 2.35 bits per heavy atom. The third-order valence-electron chi connectivity index (χ3n) is 5.28. The lowest BCUT2D eigenvalue weighted by atomic mass is 9.97. The van der Waals surface area contributed by atoms with Gasteiger partial charge < -0.3 is 10.2 Å². The van der Waals surface area contributed by atoms with Crippen LogP contribution in [0, 0.1) is 5.92 Å². The number of carbonyl (C=O) groups is 1. The van der Waals surface area contributed by atoms with Crippen molar-refractivity contribution in [1.82, 2.24) is 10.2 Å². The summed E-state index contributed by atoms with van der Waals surface area (Å²) in [7, 11) is 0. The minimum absolute atomic E-state index is 0.240. The Bertz CT molecular complexity index is 531. The van der Waals surface area contributed by atoms with Crippen LogP contribution in [0.1, 0.15) is 57.6 Å². The van der Waals surface area contributed by atoms with Crippen LogP contribution in [0.25, 0.3) is 0 Å². The van der Waals surface area contributed by atoms with E-state index in [4.69, 9.17) is 11.6 Å². The Hall–Kier alpha value is -1.06. The van der Waals surface area contributed by atoms with E-state index in [9.17, 15) is 4.79 Å². The SMILES string of the molecule is CC1CCCC(C)N1C(=O)CNC(c1ccc(Cl)cc1)C1CC1.